The predicted molar refractivity (Wildman–Crippen MR) is 48.0 cm³/mol. The third kappa shape index (κ3) is 1.40. The predicted octanol–water partition coefficient (Wildman–Crippen LogP) is 1.45. The number of fused-ring (bicyclic) bond motifs is 1. The van der Waals surface area contributed by atoms with Gasteiger partial charge in [-0.15, -0.1) is 0 Å². The van der Waals surface area contributed by atoms with Crippen LogP contribution in [0.1, 0.15) is 32.1 Å². The molecule has 0 aromatic heterocycles. The van der Waals surface area contributed by atoms with Crippen molar-refractivity contribution in [3.8, 4) is 0 Å². The Morgan fingerprint density at radius 3 is 2.92 bits per heavy atom. The van der Waals surface area contributed by atoms with E-state index >= 15 is 0 Å². The van der Waals surface area contributed by atoms with Crippen molar-refractivity contribution in [1.29, 1.82) is 0 Å². The van der Waals surface area contributed by atoms with Crippen LogP contribution in [0.15, 0.2) is 0 Å². The monoisotopic (exact) mass is 167 g/mol. The van der Waals surface area contributed by atoms with Gasteiger partial charge in [0.15, 0.2) is 0 Å². The largest absolute Gasteiger partial charge is 0.302 e. The second-order valence-electron chi connectivity index (χ2n) is 4.06. The lowest BCUT2D eigenvalue weighted by atomic mass is 9.85. The molecule has 1 heterocycles. The van der Waals surface area contributed by atoms with Gasteiger partial charge in [0.25, 0.3) is 0 Å². The van der Waals surface area contributed by atoms with Gasteiger partial charge >= 0.3 is 0 Å². The van der Waals surface area contributed by atoms with Crippen molar-refractivity contribution in [3.63, 3.8) is 0 Å². The van der Waals surface area contributed by atoms with E-state index in [2.05, 4.69) is 4.90 Å². The van der Waals surface area contributed by atoms with Crippen LogP contribution in [0.5, 0.6) is 0 Å². The molecule has 12 heavy (non-hydrogen) atoms. The molecule has 1 saturated carbocycles. The fourth-order valence-corrected chi connectivity index (χ4v) is 2.83. The molecule has 0 bridgehead atoms. The van der Waals surface area contributed by atoms with E-state index in [9.17, 15) is 4.79 Å². The van der Waals surface area contributed by atoms with Crippen LogP contribution in [0.25, 0.3) is 0 Å². The number of carbonyl (C=O) groups is 1. The highest BCUT2D eigenvalue weighted by Gasteiger charge is 2.34. The second-order valence-corrected chi connectivity index (χ2v) is 4.06. The Hall–Kier alpha value is -0.370. The Bertz CT molecular complexity index is 169. The van der Waals surface area contributed by atoms with Crippen molar-refractivity contribution in [1.82, 2.24) is 4.90 Å². The molecule has 1 saturated heterocycles. The van der Waals surface area contributed by atoms with Gasteiger partial charge in [-0.05, 0) is 31.7 Å². The van der Waals surface area contributed by atoms with Gasteiger partial charge in [-0.25, -0.2) is 0 Å². The summed E-state index contributed by atoms with van der Waals surface area (Å²) >= 11 is 0. The summed E-state index contributed by atoms with van der Waals surface area (Å²) in [5.74, 6) is 0.915. The first-order valence-corrected chi connectivity index (χ1v) is 5.09. The van der Waals surface area contributed by atoms with Gasteiger partial charge in [0, 0.05) is 6.04 Å². The molecule has 68 valence electrons. The fraction of sp³-hybridized carbons (Fsp3) is 0.900. The lowest BCUT2D eigenvalue weighted by Crippen LogP contribution is -2.35. The van der Waals surface area contributed by atoms with E-state index in [0.29, 0.717) is 6.54 Å². The number of hydrogen-bond acceptors (Lipinski definition) is 2. The van der Waals surface area contributed by atoms with E-state index in [0.717, 1.165) is 24.8 Å². The van der Waals surface area contributed by atoms with Crippen LogP contribution in [-0.4, -0.2) is 30.3 Å². The first-order valence-electron chi connectivity index (χ1n) is 5.09. The van der Waals surface area contributed by atoms with Gasteiger partial charge in [0.1, 0.15) is 6.29 Å². The first-order chi connectivity index (χ1) is 5.92. The summed E-state index contributed by atoms with van der Waals surface area (Å²) in [6.45, 7) is 1.83. The summed E-state index contributed by atoms with van der Waals surface area (Å²) in [6.07, 6.45) is 7.90. The van der Waals surface area contributed by atoms with Crippen LogP contribution >= 0.6 is 0 Å². The molecule has 0 amide bonds. The van der Waals surface area contributed by atoms with Gasteiger partial charge < -0.3 is 4.79 Å². The van der Waals surface area contributed by atoms with E-state index in [4.69, 9.17) is 0 Å². The number of nitrogens with zero attached hydrogens (tertiary/aromatic N) is 1. The normalized spacial score (nSPS) is 36.3. The summed E-state index contributed by atoms with van der Waals surface area (Å²) in [6, 6.07) is 0.754. The molecule has 2 atom stereocenters. The maximum absolute atomic E-state index is 10.4. The maximum Gasteiger partial charge on any atom is 0.133 e. The fourth-order valence-electron chi connectivity index (χ4n) is 2.83. The summed E-state index contributed by atoms with van der Waals surface area (Å²) < 4.78 is 0. The third-order valence-corrected chi connectivity index (χ3v) is 3.43. The van der Waals surface area contributed by atoms with E-state index in [1.165, 1.54) is 32.1 Å². The summed E-state index contributed by atoms with van der Waals surface area (Å²) in [5, 5.41) is 0. The van der Waals surface area contributed by atoms with Crippen LogP contribution in [0.3, 0.4) is 0 Å². The molecule has 0 N–H and O–H groups in total. The minimum Gasteiger partial charge on any atom is -0.302 e. The molecule has 0 aromatic carbocycles. The van der Waals surface area contributed by atoms with E-state index in [-0.39, 0.29) is 0 Å². The Morgan fingerprint density at radius 1 is 1.25 bits per heavy atom. The molecule has 2 nitrogen and oxygen atoms in total. The molecule has 2 unspecified atom stereocenters. The quantitative estimate of drug-likeness (QED) is 0.580. The lowest BCUT2D eigenvalue weighted by Gasteiger charge is -2.30. The standard InChI is InChI=1S/C10H17NO/c12-8-7-11-6-5-9-3-1-2-4-10(9)11/h8-10H,1-7H2. The Labute approximate surface area is 73.9 Å². The van der Waals surface area contributed by atoms with Crippen molar-refractivity contribution < 1.29 is 4.79 Å². The Morgan fingerprint density at radius 2 is 2.08 bits per heavy atom. The number of hydrogen-bond donors (Lipinski definition) is 0. The highest BCUT2D eigenvalue weighted by atomic mass is 16.1. The molecule has 2 rings (SSSR count). The molecular formula is C10H17NO. The average molecular weight is 167 g/mol. The summed E-state index contributed by atoms with van der Waals surface area (Å²) in [5.41, 5.74) is 0. The van der Waals surface area contributed by atoms with Crippen LogP contribution in [0, 0.1) is 5.92 Å². The molecular weight excluding hydrogens is 150 g/mol. The highest BCUT2D eigenvalue weighted by molar-refractivity contribution is 5.52. The number of rotatable bonds is 2. The van der Waals surface area contributed by atoms with Gasteiger partial charge in [0.2, 0.25) is 0 Å². The second kappa shape index (κ2) is 3.56. The van der Waals surface area contributed by atoms with Crippen LogP contribution in [0.4, 0.5) is 0 Å². The number of carbonyl (C=O) groups excluding carboxylic acids is 1. The van der Waals surface area contributed by atoms with Crippen LogP contribution in [0.2, 0.25) is 0 Å². The Balaban J connectivity index is 1.96. The molecule has 1 aliphatic carbocycles. The molecule has 1 aliphatic heterocycles. The van der Waals surface area contributed by atoms with Crippen molar-refractivity contribution in [2.45, 2.75) is 38.1 Å². The summed E-state index contributed by atoms with van der Waals surface area (Å²) in [7, 11) is 0. The molecule has 0 aromatic rings. The van der Waals surface area contributed by atoms with E-state index < -0.39 is 0 Å². The zero-order chi connectivity index (χ0) is 8.39. The van der Waals surface area contributed by atoms with Gasteiger partial charge in [0.05, 0.1) is 6.54 Å². The van der Waals surface area contributed by atoms with E-state index in [1.54, 1.807) is 0 Å². The minimum atomic E-state index is 0.668. The molecule has 0 spiro atoms. The Kier molecular flexibility index (Phi) is 2.45. The van der Waals surface area contributed by atoms with Crippen molar-refractivity contribution in [2.75, 3.05) is 13.1 Å². The average Bonchev–Trinajstić information content (AvgIpc) is 2.50. The van der Waals surface area contributed by atoms with Crippen molar-refractivity contribution in [2.24, 2.45) is 5.92 Å². The van der Waals surface area contributed by atoms with Gasteiger partial charge in [-0.1, -0.05) is 12.8 Å². The van der Waals surface area contributed by atoms with Crippen LogP contribution < -0.4 is 0 Å². The lowest BCUT2D eigenvalue weighted by molar-refractivity contribution is -0.109. The van der Waals surface area contributed by atoms with Crippen molar-refractivity contribution in [3.05, 3.63) is 0 Å². The molecule has 0 radical (unpaired) electrons. The maximum atomic E-state index is 10.4. The number of likely N-dealkylation sites (tertiary alicyclic amines) is 1. The third-order valence-electron chi connectivity index (χ3n) is 3.43. The molecule has 2 aliphatic rings. The number of aldehydes is 1. The topological polar surface area (TPSA) is 20.3 Å². The first kappa shape index (κ1) is 8.24. The highest BCUT2D eigenvalue weighted by Crippen LogP contribution is 2.35. The molecule has 2 heteroatoms. The zero-order valence-electron chi connectivity index (χ0n) is 7.54. The smallest absolute Gasteiger partial charge is 0.133 e. The van der Waals surface area contributed by atoms with Crippen LogP contribution in [-0.2, 0) is 4.79 Å². The molecule has 2 fully saturated rings. The zero-order valence-corrected chi connectivity index (χ0v) is 7.54. The van der Waals surface area contributed by atoms with Gasteiger partial charge in [-0.3, -0.25) is 4.90 Å². The van der Waals surface area contributed by atoms with Gasteiger partial charge in [-0.2, -0.15) is 0 Å². The summed E-state index contributed by atoms with van der Waals surface area (Å²) in [4.78, 5) is 12.8. The minimum absolute atomic E-state index is 0.668. The van der Waals surface area contributed by atoms with Crippen molar-refractivity contribution >= 4 is 6.29 Å². The SMILES string of the molecule is O=CCN1CCC2CCCCC21. The van der Waals surface area contributed by atoms with E-state index in [1.807, 2.05) is 0 Å².